The van der Waals surface area contributed by atoms with Gasteiger partial charge in [-0.3, -0.25) is 0 Å². The molecule has 0 unspecified atom stereocenters. The second-order valence-electron chi connectivity index (χ2n) is 2.75. The third kappa shape index (κ3) is 2.61. The smallest absolute Gasteiger partial charge is 0.118 e. The molecule has 0 amide bonds. The summed E-state index contributed by atoms with van der Waals surface area (Å²) in [6.07, 6.45) is 2.19. The Morgan fingerprint density at radius 3 is 2.42 bits per heavy atom. The van der Waals surface area contributed by atoms with Crippen molar-refractivity contribution < 1.29 is 4.74 Å². The second kappa shape index (κ2) is 4.86. The topological polar surface area (TPSA) is 9.23 Å². The van der Waals surface area contributed by atoms with Crippen molar-refractivity contribution in [3.05, 3.63) is 29.8 Å². The van der Waals surface area contributed by atoms with Crippen LogP contribution in [0.5, 0.6) is 5.75 Å². The summed E-state index contributed by atoms with van der Waals surface area (Å²) in [5, 5.41) is 0. The van der Waals surface area contributed by atoms with Crippen molar-refractivity contribution in [3.63, 3.8) is 0 Å². The summed E-state index contributed by atoms with van der Waals surface area (Å²) in [6.45, 7) is 2.16. The van der Waals surface area contributed by atoms with Crippen LogP contribution in [0, 0.1) is 0 Å². The van der Waals surface area contributed by atoms with E-state index >= 15 is 0 Å². The van der Waals surface area contributed by atoms with Crippen LogP contribution in [0.2, 0.25) is 6.32 Å². The SMILES string of the molecule is CC[B]Cc1ccc(OC)cc1. The van der Waals surface area contributed by atoms with Gasteiger partial charge >= 0.3 is 0 Å². The first-order valence-corrected chi connectivity index (χ1v) is 4.31. The van der Waals surface area contributed by atoms with Crippen molar-refractivity contribution in [2.75, 3.05) is 7.11 Å². The fourth-order valence-corrected chi connectivity index (χ4v) is 1.07. The van der Waals surface area contributed by atoms with Crippen molar-refractivity contribution in [1.29, 1.82) is 0 Å². The van der Waals surface area contributed by atoms with Crippen LogP contribution in [-0.2, 0) is 6.32 Å². The maximum atomic E-state index is 5.06. The molecule has 0 saturated heterocycles. The van der Waals surface area contributed by atoms with Gasteiger partial charge in [0.1, 0.15) is 13.0 Å². The molecule has 1 aromatic rings. The number of rotatable bonds is 4. The van der Waals surface area contributed by atoms with Crippen LogP contribution < -0.4 is 4.74 Å². The minimum atomic E-state index is 0.926. The van der Waals surface area contributed by atoms with Crippen molar-refractivity contribution >= 4 is 7.28 Å². The molecule has 0 aliphatic carbocycles. The van der Waals surface area contributed by atoms with Gasteiger partial charge in [0.2, 0.25) is 0 Å². The molecule has 0 N–H and O–H groups in total. The summed E-state index contributed by atoms with van der Waals surface area (Å²) >= 11 is 0. The highest BCUT2D eigenvalue weighted by molar-refractivity contribution is 6.34. The fourth-order valence-electron chi connectivity index (χ4n) is 1.07. The van der Waals surface area contributed by atoms with E-state index < -0.39 is 0 Å². The number of methoxy groups -OCH3 is 1. The molecule has 0 saturated carbocycles. The van der Waals surface area contributed by atoms with E-state index in [1.165, 1.54) is 5.56 Å². The first-order valence-electron chi connectivity index (χ1n) is 4.31. The fraction of sp³-hybridized carbons (Fsp3) is 0.400. The summed E-state index contributed by atoms with van der Waals surface area (Å²) in [7, 11) is 3.95. The third-order valence-electron chi connectivity index (χ3n) is 1.83. The zero-order valence-electron chi connectivity index (χ0n) is 7.71. The minimum absolute atomic E-state index is 0.926. The highest BCUT2D eigenvalue weighted by atomic mass is 16.5. The van der Waals surface area contributed by atoms with E-state index in [1.54, 1.807) is 7.11 Å². The van der Waals surface area contributed by atoms with E-state index in [0.717, 1.165) is 18.4 Å². The van der Waals surface area contributed by atoms with Crippen molar-refractivity contribution in [3.8, 4) is 5.75 Å². The molecule has 0 aliphatic rings. The van der Waals surface area contributed by atoms with Gasteiger partial charge in [0.25, 0.3) is 0 Å². The van der Waals surface area contributed by atoms with Gasteiger partial charge in [0.05, 0.1) is 7.11 Å². The van der Waals surface area contributed by atoms with E-state index in [0.29, 0.717) is 0 Å². The summed E-state index contributed by atoms with van der Waals surface area (Å²) in [5.74, 6) is 0.926. The van der Waals surface area contributed by atoms with Crippen molar-refractivity contribution in [2.24, 2.45) is 0 Å². The summed E-state index contributed by atoms with van der Waals surface area (Å²) in [4.78, 5) is 0. The van der Waals surface area contributed by atoms with E-state index in [1.807, 2.05) is 12.1 Å². The molecule has 0 aliphatic heterocycles. The molecule has 1 aromatic carbocycles. The predicted molar refractivity (Wildman–Crippen MR) is 52.9 cm³/mol. The lowest BCUT2D eigenvalue weighted by Crippen LogP contribution is -1.93. The summed E-state index contributed by atoms with van der Waals surface area (Å²) in [6, 6.07) is 8.20. The van der Waals surface area contributed by atoms with E-state index in [4.69, 9.17) is 4.74 Å². The molecule has 63 valence electrons. The molecule has 0 atom stereocenters. The molecule has 1 nitrogen and oxygen atoms in total. The lowest BCUT2D eigenvalue weighted by molar-refractivity contribution is 0.414. The summed E-state index contributed by atoms with van der Waals surface area (Å²) in [5.41, 5.74) is 1.35. The molecule has 0 aromatic heterocycles. The Balaban J connectivity index is 2.53. The minimum Gasteiger partial charge on any atom is -0.497 e. The van der Waals surface area contributed by atoms with E-state index in [2.05, 4.69) is 26.3 Å². The van der Waals surface area contributed by atoms with Crippen LogP contribution in [0.1, 0.15) is 12.5 Å². The molecule has 2 heteroatoms. The maximum absolute atomic E-state index is 5.06. The Morgan fingerprint density at radius 2 is 1.92 bits per heavy atom. The lowest BCUT2D eigenvalue weighted by atomic mass is 9.69. The number of benzene rings is 1. The van der Waals surface area contributed by atoms with Gasteiger partial charge in [-0.15, -0.1) is 0 Å². The van der Waals surface area contributed by atoms with Crippen molar-refractivity contribution in [2.45, 2.75) is 19.6 Å². The highest BCUT2D eigenvalue weighted by Crippen LogP contribution is 2.11. The van der Waals surface area contributed by atoms with Crippen LogP contribution >= 0.6 is 0 Å². The highest BCUT2D eigenvalue weighted by Gasteiger charge is 1.93. The monoisotopic (exact) mass is 161 g/mol. The average Bonchev–Trinajstić information content (AvgIpc) is 2.15. The molecule has 1 radical (unpaired) electrons. The molecule has 12 heavy (non-hydrogen) atoms. The van der Waals surface area contributed by atoms with Crippen LogP contribution in [0.25, 0.3) is 0 Å². The predicted octanol–water partition coefficient (Wildman–Crippen LogP) is 2.34. The largest absolute Gasteiger partial charge is 0.497 e. The zero-order valence-corrected chi connectivity index (χ0v) is 7.71. The number of hydrogen-bond donors (Lipinski definition) is 0. The zero-order chi connectivity index (χ0) is 8.81. The Kier molecular flexibility index (Phi) is 3.72. The Bertz CT molecular complexity index is 218. The molecular formula is C10H14BO. The van der Waals surface area contributed by atoms with Crippen molar-refractivity contribution in [1.82, 2.24) is 0 Å². The third-order valence-corrected chi connectivity index (χ3v) is 1.83. The normalized spacial score (nSPS) is 9.50. The van der Waals surface area contributed by atoms with Gasteiger partial charge in [0, 0.05) is 0 Å². The maximum Gasteiger partial charge on any atom is 0.118 e. The van der Waals surface area contributed by atoms with Crippen LogP contribution in [0.3, 0.4) is 0 Å². The molecule has 0 fully saturated rings. The quantitative estimate of drug-likeness (QED) is 0.615. The van der Waals surface area contributed by atoms with Gasteiger partial charge in [0.15, 0.2) is 0 Å². The molecule has 0 bridgehead atoms. The lowest BCUT2D eigenvalue weighted by Gasteiger charge is -2.01. The van der Waals surface area contributed by atoms with Crippen LogP contribution in [0.4, 0.5) is 0 Å². The molecule has 0 heterocycles. The van der Waals surface area contributed by atoms with E-state index in [-0.39, 0.29) is 0 Å². The van der Waals surface area contributed by atoms with Gasteiger partial charge in [-0.25, -0.2) is 0 Å². The van der Waals surface area contributed by atoms with E-state index in [9.17, 15) is 0 Å². The Morgan fingerprint density at radius 1 is 1.25 bits per heavy atom. The molecular weight excluding hydrogens is 147 g/mol. The van der Waals surface area contributed by atoms with Crippen LogP contribution in [0.15, 0.2) is 24.3 Å². The molecule has 1 rings (SSSR count). The first-order chi connectivity index (χ1) is 5.86. The van der Waals surface area contributed by atoms with Gasteiger partial charge in [-0.1, -0.05) is 37.3 Å². The average molecular weight is 161 g/mol. The summed E-state index contributed by atoms with van der Waals surface area (Å²) < 4.78 is 5.06. The Hall–Kier alpha value is -0.915. The Labute approximate surface area is 75.0 Å². The second-order valence-corrected chi connectivity index (χ2v) is 2.75. The van der Waals surface area contributed by atoms with Crippen LogP contribution in [-0.4, -0.2) is 14.4 Å². The van der Waals surface area contributed by atoms with Gasteiger partial charge < -0.3 is 4.74 Å². The molecule has 0 spiro atoms. The van der Waals surface area contributed by atoms with Gasteiger partial charge in [-0.05, 0) is 12.1 Å². The first kappa shape index (κ1) is 9.18. The number of hydrogen-bond acceptors (Lipinski definition) is 1. The number of ether oxygens (including phenoxy) is 1. The van der Waals surface area contributed by atoms with Gasteiger partial charge in [-0.2, -0.15) is 0 Å². The standard InChI is InChI=1S/C10H14BO/c1-3-11-8-9-4-6-10(12-2)7-5-9/h4-7H,3,8H2,1-2H3.